The van der Waals surface area contributed by atoms with Crippen molar-refractivity contribution in [1.29, 1.82) is 0 Å². The van der Waals surface area contributed by atoms with E-state index in [1.807, 2.05) is 6.07 Å². The monoisotopic (exact) mass is 537 g/mol. The zero-order chi connectivity index (χ0) is 26.9. The molecule has 2 unspecified atom stereocenters. The number of nitrogens with one attached hydrogen (secondary N) is 3. The van der Waals surface area contributed by atoms with Crippen molar-refractivity contribution in [2.24, 2.45) is 11.3 Å². The van der Waals surface area contributed by atoms with Gasteiger partial charge in [0.25, 0.3) is 0 Å². The molecule has 2 aromatic carbocycles. The highest BCUT2D eigenvalue weighted by Gasteiger charge is 2.33. The van der Waals surface area contributed by atoms with E-state index < -0.39 is 0 Å². The Morgan fingerprint density at radius 3 is 2.14 bits per heavy atom. The summed E-state index contributed by atoms with van der Waals surface area (Å²) in [5.41, 5.74) is 2.66. The molecule has 198 valence electrons. The van der Waals surface area contributed by atoms with Gasteiger partial charge in [-0.15, -0.1) is 0 Å². The van der Waals surface area contributed by atoms with Crippen molar-refractivity contribution in [3.05, 3.63) is 63.4 Å². The van der Waals surface area contributed by atoms with E-state index in [1.54, 1.807) is 30.3 Å². The van der Waals surface area contributed by atoms with Gasteiger partial charge >= 0.3 is 0 Å². The van der Waals surface area contributed by atoms with Crippen LogP contribution in [0.3, 0.4) is 0 Å². The summed E-state index contributed by atoms with van der Waals surface area (Å²) < 4.78 is 14.4. The van der Waals surface area contributed by atoms with Crippen molar-refractivity contribution in [2.75, 3.05) is 18.4 Å². The molecular formula is C28H38Cl2FN3O2. The molecule has 2 amide bonds. The molecule has 0 aromatic heterocycles. The molecule has 2 atom stereocenters. The lowest BCUT2D eigenvalue weighted by Crippen LogP contribution is -2.39. The van der Waals surface area contributed by atoms with Gasteiger partial charge in [0.15, 0.2) is 0 Å². The molecule has 0 spiro atoms. The van der Waals surface area contributed by atoms with Crippen LogP contribution in [0.25, 0.3) is 0 Å². The normalized spacial score (nSPS) is 22.7. The number of hydrogen-bond donors (Lipinski definition) is 3. The minimum atomic E-state index is -0.383. The van der Waals surface area contributed by atoms with Crippen molar-refractivity contribution in [1.82, 2.24) is 10.6 Å². The van der Waals surface area contributed by atoms with Crippen LogP contribution in [0.5, 0.6) is 0 Å². The average Bonchev–Trinajstić information content (AvgIpc) is 3.24. The van der Waals surface area contributed by atoms with E-state index in [2.05, 4.69) is 50.6 Å². The Morgan fingerprint density at radius 2 is 1.58 bits per heavy atom. The third-order valence-corrected chi connectivity index (χ3v) is 6.43. The predicted octanol–water partition coefficient (Wildman–Crippen LogP) is 6.75. The lowest BCUT2D eigenvalue weighted by molar-refractivity contribution is -0.111. The van der Waals surface area contributed by atoms with E-state index in [0.29, 0.717) is 47.2 Å². The summed E-state index contributed by atoms with van der Waals surface area (Å²) in [6.07, 6.45) is 3.74. The van der Waals surface area contributed by atoms with Gasteiger partial charge in [0, 0.05) is 41.7 Å². The lowest BCUT2D eigenvalue weighted by atomic mass is 9.82. The molecular weight excluding hydrogens is 500 g/mol. The predicted molar refractivity (Wildman–Crippen MR) is 147 cm³/mol. The van der Waals surface area contributed by atoms with Crippen LogP contribution in [0.4, 0.5) is 10.1 Å². The third-order valence-electron chi connectivity index (χ3n) is 5.90. The standard InChI is InChI=1S/C17H15Cl2FN2O.C6H11NO.C5H12/c18-10-4-5-11(16(6-10)22-9-23)13-7-21-8-14(13)12-2-1-3-15(19)17(12)20;1-5-2-6(3-5)7-4-8;1-5(2,3)4/h1-6,9,13-14,21H,7-8H2,(H,22,23);4-6H,2-3H2,1H3,(H,7,8);1-4H3. The van der Waals surface area contributed by atoms with E-state index in [0.717, 1.165) is 17.9 Å². The molecule has 1 aliphatic carbocycles. The number of amides is 2. The van der Waals surface area contributed by atoms with Gasteiger partial charge in [0.1, 0.15) is 5.82 Å². The van der Waals surface area contributed by atoms with Crippen LogP contribution < -0.4 is 16.0 Å². The van der Waals surface area contributed by atoms with Crippen molar-refractivity contribution in [3.63, 3.8) is 0 Å². The van der Waals surface area contributed by atoms with Crippen LogP contribution in [0.15, 0.2) is 36.4 Å². The second-order valence-corrected chi connectivity index (χ2v) is 11.9. The summed E-state index contributed by atoms with van der Waals surface area (Å²) in [6.45, 7) is 12.3. The van der Waals surface area contributed by atoms with Gasteiger partial charge in [0.2, 0.25) is 12.8 Å². The van der Waals surface area contributed by atoms with E-state index in [9.17, 15) is 14.0 Å². The van der Waals surface area contributed by atoms with Crippen molar-refractivity contribution in [2.45, 2.75) is 65.3 Å². The lowest BCUT2D eigenvalue weighted by Gasteiger charge is -2.31. The molecule has 5 nitrogen and oxygen atoms in total. The summed E-state index contributed by atoms with van der Waals surface area (Å²) in [7, 11) is 0. The molecule has 1 aliphatic heterocycles. The van der Waals surface area contributed by atoms with Gasteiger partial charge in [-0.25, -0.2) is 4.39 Å². The molecule has 2 aromatic rings. The zero-order valence-corrected chi connectivity index (χ0v) is 23.2. The first-order chi connectivity index (χ1) is 16.9. The number of anilines is 1. The molecule has 2 fully saturated rings. The van der Waals surface area contributed by atoms with Crippen LogP contribution in [-0.4, -0.2) is 32.0 Å². The smallest absolute Gasteiger partial charge is 0.211 e. The molecule has 1 heterocycles. The number of rotatable bonds is 6. The summed E-state index contributed by atoms with van der Waals surface area (Å²) in [5, 5.41) is 9.36. The van der Waals surface area contributed by atoms with E-state index in [4.69, 9.17) is 23.2 Å². The molecule has 0 radical (unpaired) electrons. The average molecular weight is 539 g/mol. The minimum Gasteiger partial charge on any atom is -0.356 e. The van der Waals surface area contributed by atoms with Gasteiger partial charge in [-0.05, 0) is 53.5 Å². The molecule has 1 saturated carbocycles. The van der Waals surface area contributed by atoms with Crippen LogP contribution in [-0.2, 0) is 9.59 Å². The number of carbonyl (C=O) groups excluding carboxylic acids is 2. The first-order valence-corrected chi connectivity index (χ1v) is 13.0. The quantitative estimate of drug-likeness (QED) is 0.356. The Bertz CT molecular complexity index is 1000. The van der Waals surface area contributed by atoms with Crippen LogP contribution in [0.2, 0.25) is 10.0 Å². The third kappa shape index (κ3) is 9.38. The topological polar surface area (TPSA) is 70.2 Å². The van der Waals surface area contributed by atoms with Crippen LogP contribution in [0.1, 0.15) is 70.4 Å². The molecule has 4 rings (SSSR count). The first-order valence-electron chi connectivity index (χ1n) is 12.3. The van der Waals surface area contributed by atoms with Crippen LogP contribution in [0, 0.1) is 17.2 Å². The number of halogens is 3. The SMILES string of the molecule is CC(C)(C)C.CC1CC(NC=O)C1.O=CNc1cc(Cl)ccc1C1CNCC1c1cccc(Cl)c1F. The largest absolute Gasteiger partial charge is 0.356 e. The fourth-order valence-electron chi connectivity index (χ4n) is 4.31. The van der Waals surface area contributed by atoms with Gasteiger partial charge in [0.05, 0.1) is 5.02 Å². The highest BCUT2D eigenvalue weighted by atomic mass is 35.5. The Labute approximate surface area is 224 Å². The fourth-order valence-corrected chi connectivity index (χ4v) is 4.67. The van der Waals surface area contributed by atoms with E-state index in [1.165, 1.54) is 12.8 Å². The fraction of sp³-hybridized carbons (Fsp3) is 0.500. The number of hydrogen-bond acceptors (Lipinski definition) is 3. The minimum absolute atomic E-state index is 0.0164. The summed E-state index contributed by atoms with van der Waals surface area (Å²) in [4.78, 5) is 20.7. The summed E-state index contributed by atoms with van der Waals surface area (Å²) in [5.74, 6) is 0.393. The summed E-state index contributed by atoms with van der Waals surface area (Å²) >= 11 is 11.9. The Kier molecular flexibility index (Phi) is 11.7. The van der Waals surface area contributed by atoms with Gasteiger partial charge in [-0.2, -0.15) is 0 Å². The molecule has 0 bridgehead atoms. The molecule has 1 saturated heterocycles. The highest BCUT2D eigenvalue weighted by molar-refractivity contribution is 6.31. The second-order valence-electron chi connectivity index (χ2n) is 11.1. The number of benzene rings is 2. The number of carbonyl (C=O) groups is 2. The first kappa shape index (κ1) is 30.1. The molecule has 3 N–H and O–H groups in total. The molecule has 36 heavy (non-hydrogen) atoms. The maximum atomic E-state index is 14.4. The Balaban J connectivity index is 0.000000288. The molecule has 8 heteroatoms. The highest BCUT2D eigenvalue weighted by Crippen LogP contribution is 2.41. The molecule has 2 aliphatic rings. The van der Waals surface area contributed by atoms with Gasteiger partial charge in [-0.3, -0.25) is 9.59 Å². The van der Waals surface area contributed by atoms with Crippen LogP contribution >= 0.6 is 23.2 Å². The van der Waals surface area contributed by atoms with Gasteiger partial charge in [-0.1, -0.05) is 76.0 Å². The van der Waals surface area contributed by atoms with E-state index in [-0.39, 0.29) is 22.7 Å². The maximum absolute atomic E-state index is 14.4. The maximum Gasteiger partial charge on any atom is 0.211 e. The Morgan fingerprint density at radius 1 is 0.972 bits per heavy atom. The summed E-state index contributed by atoms with van der Waals surface area (Å²) in [6, 6.07) is 10.9. The van der Waals surface area contributed by atoms with Gasteiger partial charge < -0.3 is 16.0 Å². The van der Waals surface area contributed by atoms with Crippen molar-refractivity contribution in [3.8, 4) is 0 Å². The zero-order valence-electron chi connectivity index (χ0n) is 21.7. The van der Waals surface area contributed by atoms with E-state index >= 15 is 0 Å². The van der Waals surface area contributed by atoms with Crippen molar-refractivity contribution >= 4 is 41.7 Å². The van der Waals surface area contributed by atoms with Crippen molar-refractivity contribution < 1.29 is 14.0 Å². The Hall–Kier alpha value is -2.15. The second kappa shape index (κ2) is 14.0.